The van der Waals surface area contributed by atoms with Crippen LogP contribution in [-0.4, -0.2) is 37.2 Å². The number of nitrogens with zero attached hydrogens (tertiary/aromatic N) is 2. The van der Waals surface area contributed by atoms with E-state index in [0.717, 1.165) is 36.8 Å². The Morgan fingerprint density at radius 1 is 1.22 bits per heavy atom. The van der Waals surface area contributed by atoms with Crippen molar-refractivity contribution in [2.75, 3.05) is 20.2 Å². The molecule has 7 heteroatoms. The molecule has 0 bridgehead atoms. The molecule has 0 radical (unpaired) electrons. The van der Waals surface area contributed by atoms with E-state index in [4.69, 9.17) is 9.15 Å². The number of oxazole rings is 1. The van der Waals surface area contributed by atoms with Gasteiger partial charge in [-0.25, -0.2) is 4.98 Å². The van der Waals surface area contributed by atoms with E-state index in [9.17, 15) is 0 Å². The normalized spacial score (nSPS) is 12.6. The van der Waals surface area contributed by atoms with Crippen LogP contribution in [0.15, 0.2) is 46.0 Å². The number of aromatic nitrogens is 1. The average molecular weight is 486 g/mol. The van der Waals surface area contributed by atoms with Crippen molar-refractivity contribution in [3.8, 4) is 11.5 Å². The van der Waals surface area contributed by atoms with Gasteiger partial charge < -0.3 is 19.8 Å². The molecule has 2 aromatic rings. The third-order valence-corrected chi connectivity index (χ3v) is 4.08. The van der Waals surface area contributed by atoms with Gasteiger partial charge >= 0.3 is 0 Å². The summed E-state index contributed by atoms with van der Waals surface area (Å²) in [4.78, 5) is 8.76. The Bertz CT molecular complexity index is 674. The summed E-state index contributed by atoms with van der Waals surface area (Å²) in [5.41, 5.74) is 1.80. The summed E-state index contributed by atoms with van der Waals surface area (Å²) < 4.78 is 11.3. The molecule has 0 aliphatic heterocycles. The predicted octanol–water partition coefficient (Wildman–Crippen LogP) is 4.08. The van der Waals surface area contributed by atoms with E-state index in [1.54, 1.807) is 13.3 Å². The average Bonchev–Trinajstić information content (AvgIpc) is 3.13. The summed E-state index contributed by atoms with van der Waals surface area (Å²) in [6.45, 7) is 8.49. The molecule has 1 atom stereocenters. The second-order valence-electron chi connectivity index (χ2n) is 6.39. The van der Waals surface area contributed by atoms with E-state index in [2.05, 4.69) is 34.5 Å². The lowest BCUT2D eigenvalue weighted by Crippen LogP contribution is -2.39. The zero-order valence-electron chi connectivity index (χ0n) is 16.6. The number of guanidine groups is 1. The third-order valence-electron chi connectivity index (χ3n) is 4.08. The van der Waals surface area contributed by atoms with Gasteiger partial charge in [0.2, 0.25) is 5.89 Å². The van der Waals surface area contributed by atoms with Crippen LogP contribution >= 0.6 is 24.0 Å². The lowest BCUT2D eigenvalue weighted by Gasteiger charge is -2.21. The van der Waals surface area contributed by atoms with Gasteiger partial charge in [-0.2, -0.15) is 0 Å². The largest absolute Gasteiger partial charge is 0.444 e. The van der Waals surface area contributed by atoms with Gasteiger partial charge in [0.05, 0.1) is 18.3 Å². The molecule has 6 nitrogen and oxygen atoms in total. The molecule has 150 valence electrons. The first-order chi connectivity index (χ1) is 12.6. The van der Waals surface area contributed by atoms with E-state index >= 15 is 0 Å². The van der Waals surface area contributed by atoms with Crippen LogP contribution in [0.4, 0.5) is 0 Å². The predicted molar refractivity (Wildman–Crippen MR) is 120 cm³/mol. The molecule has 0 aliphatic rings. The minimum absolute atomic E-state index is 0. The smallest absolute Gasteiger partial charge is 0.226 e. The van der Waals surface area contributed by atoms with Crippen LogP contribution in [0.2, 0.25) is 0 Å². The minimum atomic E-state index is 0. The first-order valence-corrected chi connectivity index (χ1v) is 9.20. The van der Waals surface area contributed by atoms with Crippen LogP contribution in [0.25, 0.3) is 11.5 Å². The Kier molecular flexibility index (Phi) is 11.0. The maximum Gasteiger partial charge on any atom is 0.226 e. The number of aliphatic imine (C=N–C) groups is 1. The van der Waals surface area contributed by atoms with Crippen LogP contribution in [0.3, 0.4) is 0 Å². The molecule has 2 rings (SSSR count). The van der Waals surface area contributed by atoms with Gasteiger partial charge in [0.15, 0.2) is 5.96 Å². The summed E-state index contributed by atoms with van der Waals surface area (Å²) in [6, 6.07) is 9.87. The summed E-state index contributed by atoms with van der Waals surface area (Å²) in [5, 5.41) is 6.58. The number of nitrogens with one attached hydrogen (secondary N) is 2. The molecule has 1 aromatic carbocycles. The molecule has 1 aromatic heterocycles. The lowest BCUT2D eigenvalue weighted by molar-refractivity contribution is 0.0258. The van der Waals surface area contributed by atoms with Crippen LogP contribution in [0, 0.1) is 5.92 Å². The standard InChI is InChI=1S/C20H30N4O2.HI/c1-5-25-18(15(2)3)11-12-22-20(21-4)23-13-17-14-26-19(24-17)16-9-7-6-8-10-16;/h6-10,14-15,18H,5,11-13H2,1-4H3,(H2,21,22,23);1H. The second-order valence-corrected chi connectivity index (χ2v) is 6.39. The molecule has 0 fully saturated rings. The zero-order chi connectivity index (χ0) is 18.8. The maximum absolute atomic E-state index is 5.77. The van der Waals surface area contributed by atoms with Crippen molar-refractivity contribution in [3.05, 3.63) is 42.3 Å². The van der Waals surface area contributed by atoms with Crippen molar-refractivity contribution in [2.45, 2.75) is 39.8 Å². The molecule has 0 amide bonds. The molecular weight excluding hydrogens is 455 g/mol. The molecule has 1 unspecified atom stereocenters. The fraction of sp³-hybridized carbons (Fsp3) is 0.500. The highest BCUT2D eigenvalue weighted by atomic mass is 127. The topological polar surface area (TPSA) is 71.7 Å². The third kappa shape index (κ3) is 7.88. The summed E-state index contributed by atoms with van der Waals surface area (Å²) in [5.74, 6) is 1.87. The molecule has 0 saturated heterocycles. The van der Waals surface area contributed by atoms with Crippen molar-refractivity contribution in [3.63, 3.8) is 0 Å². The number of benzene rings is 1. The number of hydrogen-bond donors (Lipinski definition) is 2. The highest BCUT2D eigenvalue weighted by molar-refractivity contribution is 14.0. The molecular formula is C20H31IN4O2. The van der Waals surface area contributed by atoms with E-state index in [0.29, 0.717) is 18.4 Å². The minimum Gasteiger partial charge on any atom is -0.444 e. The van der Waals surface area contributed by atoms with E-state index in [-0.39, 0.29) is 30.1 Å². The molecule has 0 aliphatic carbocycles. The Morgan fingerprint density at radius 2 is 1.96 bits per heavy atom. The zero-order valence-corrected chi connectivity index (χ0v) is 18.9. The first-order valence-electron chi connectivity index (χ1n) is 9.20. The van der Waals surface area contributed by atoms with Crippen molar-refractivity contribution < 1.29 is 9.15 Å². The lowest BCUT2D eigenvalue weighted by atomic mass is 10.0. The van der Waals surface area contributed by atoms with Crippen molar-refractivity contribution in [2.24, 2.45) is 10.9 Å². The molecule has 2 N–H and O–H groups in total. The Morgan fingerprint density at radius 3 is 2.59 bits per heavy atom. The van der Waals surface area contributed by atoms with Gasteiger partial charge in [0.25, 0.3) is 0 Å². The molecule has 0 saturated carbocycles. The first kappa shape index (κ1) is 23.4. The highest BCUT2D eigenvalue weighted by Crippen LogP contribution is 2.17. The molecule has 27 heavy (non-hydrogen) atoms. The molecule has 0 spiro atoms. The van der Waals surface area contributed by atoms with Gasteiger partial charge in [0, 0.05) is 25.8 Å². The van der Waals surface area contributed by atoms with Crippen molar-refractivity contribution in [1.82, 2.24) is 15.6 Å². The van der Waals surface area contributed by atoms with E-state index in [1.807, 2.05) is 37.3 Å². The number of rotatable bonds is 9. The number of ether oxygens (including phenoxy) is 1. The highest BCUT2D eigenvalue weighted by Gasteiger charge is 2.13. The maximum atomic E-state index is 5.77. The fourth-order valence-corrected chi connectivity index (χ4v) is 2.65. The van der Waals surface area contributed by atoms with Crippen LogP contribution in [0.1, 0.15) is 32.9 Å². The van der Waals surface area contributed by atoms with Gasteiger partial charge in [-0.05, 0) is 31.4 Å². The fourth-order valence-electron chi connectivity index (χ4n) is 2.65. The number of hydrogen-bond acceptors (Lipinski definition) is 4. The SMILES string of the molecule is CCOC(CCNC(=NC)NCc1coc(-c2ccccc2)n1)C(C)C.I. The summed E-state index contributed by atoms with van der Waals surface area (Å²) in [6.07, 6.45) is 2.87. The monoisotopic (exact) mass is 486 g/mol. The quantitative estimate of drug-likeness (QED) is 0.318. The van der Waals surface area contributed by atoms with Gasteiger partial charge in [-0.3, -0.25) is 4.99 Å². The summed E-state index contributed by atoms with van der Waals surface area (Å²) >= 11 is 0. The van der Waals surface area contributed by atoms with Crippen LogP contribution < -0.4 is 10.6 Å². The second kappa shape index (κ2) is 12.7. The Labute approximate surface area is 179 Å². The van der Waals surface area contributed by atoms with Crippen molar-refractivity contribution >= 4 is 29.9 Å². The van der Waals surface area contributed by atoms with Crippen LogP contribution in [0.5, 0.6) is 0 Å². The van der Waals surface area contributed by atoms with E-state index in [1.165, 1.54) is 0 Å². The van der Waals surface area contributed by atoms with Gasteiger partial charge in [-0.1, -0.05) is 32.0 Å². The Balaban J connectivity index is 0.00000364. The van der Waals surface area contributed by atoms with Crippen molar-refractivity contribution in [1.29, 1.82) is 0 Å². The van der Waals surface area contributed by atoms with Crippen LogP contribution in [-0.2, 0) is 11.3 Å². The van der Waals surface area contributed by atoms with Gasteiger partial charge in [0.1, 0.15) is 6.26 Å². The summed E-state index contributed by atoms with van der Waals surface area (Å²) in [7, 11) is 1.76. The molecule has 1 heterocycles. The van der Waals surface area contributed by atoms with Gasteiger partial charge in [-0.15, -0.1) is 24.0 Å². The Hall–Kier alpha value is -1.61. The van der Waals surface area contributed by atoms with E-state index < -0.39 is 0 Å². The number of halogens is 1.